The van der Waals surface area contributed by atoms with E-state index in [1.807, 2.05) is 18.2 Å². The van der Waals surface area contributed by atoms with E-state index in [0.717, 1.165) is 41.6 Å². The van der Waals surface area contributed by atoms with Gasteiger partial charge >= 0.3 is 0 Å². The molecular formula is C28H38N2O5. The molecule has 0 radical (unpaired) electrons. The molecule has 0 aliphatic heterocycles. The van der Waals surface area contributed by atoms with Crippen LogP contribution in [0.4, 0.5) is 5.69 Å². The predicted molar refractivity (Wildman–Crippen MR) is 140 cm³/mol. The number of methoxy groups -OCH3 is 3. The Labute approximate surface area is 208 Å². The molecule has 7 nitrogen and oxygen atoms in total. The topological polar surface area (TPSA) is 85.9 Å². The van der Waals surface area contributed by atoms with Crippen molar-refractivity contribution in [2.24, 2.45) is 0 Å². The lowest BCUT2D eigenvalue weighted by Gasteiger charge is -2.19. The van der Waals surface area contributed by atoms with Crippen LogP contribution in [0.25, 0.3) is 11.1 Å². The van der Waals surface area contributed by atoms with Crippen LogP contribution in [0, 0.1) is 0 Å². The summed E-state index contributed by atoms with van der Waals surface area (Å²) < 4.78 is 17.0. The van der Waals surface area contributed by atoms with Crippen molar-refractivity contribution in [1.82, 2.24) is 5.32 Å². The van der Waals surface area contributed by atoms with Crippen LogP contribution >= 0.6 is 0 Å². The number of anilines is 1. The molecule has 0 saturated carbocycles. The summed E-state index contributed by atoms with van der Waals surface area (Å²) in [6, 6.07) is 7.09. The van der Waals surface area contributed by atoms with Crippen molar-refractivity contribution in [3.8, 4) is 28.4 Å². The average Bonchev–Trinajstić information content (AvgIpc) is 3.09. The van der Waals surface area contributed by atoms with Gasteiger partial charge in [0, 0.05) is 19.0 Å². The SMILES string of the molecule is CCCCCCCNc1ccc2c(cc1=O)[C@@H](NC(C)=O)CCc1cc(OC)c(OC)c(OC)c1-2. The predicted octanol–water partition coefficient (Wildman–Crippen LogP) is 5.25. The summed E-state index contributed by atoms with van der Waals surface area (Å²) in [6.07, 6.45) is 7.12. The highest BCUT2D eigenvalue weighted by atomic mass is 16.5. The Balaban J connectivity index is 2.12. The number of fused-ring (bicyclic) bond motifs is 3. The molecule has 0 saturated heterocycles. The molecule has 1 aliphatic rings. The zero-order chi connectivity index (χ0) is 25.4. The molecule has 0 bridgehead atoms. The third-order valence-corrected chi connectivity index (χ3v) is 6.51. The van der Waals surface area contributed by atoms with Crippen molar-refractivity contribution in [1.29, 1.82) is 0 Å². The fourth-order valence-corrected chi connectivity index (χ4v) is 4.81. The van der Waals surface area contributed by atoms with Gasteiger partial charge in [-0.15, -0.1) is 0 Å². The molecule has 2 N–H and O–H groups in total. The number of nitrogens with one attached hydrogen (secondary N) is 2. The van der Waals surface area contributed by atoms with Gasteiger partial charge in [-0.05, 0) is 54.2 Å². The number of unbranched alkanes of at least 4 members (excludes halogenated alkanes) is 4. The maximum absolute atomic E-state index is 13.2. The summed E-state index contributed by atoms with van der Waals surface area (Å²) >= 11 is 0. The van der Waals surface area contributed by atoms with Crippen LogP contribution in [0.15, 0.2) is 29.1 Å². The van der Waals surface area contributed by atoms with Crippen molar-refractivity contribution in [3.63, 3.8) is 0 Å². The average molecular weight is 483 g/mol. The van der Waals surface area contributed by atoms with Gasteiger partial charge in [0.2, 0.25) is 17.1 Å². The molecule has 0 unspecified atom stereocenters. The summed E-state index contributed by atoms with van der Waals surface area (Å²) in [6.45, 7) is 4.44. The minimum Gasteiger partial charge on any atom is -0.493 e. The molecular weight excluding hydrogens is 444 g/mol. The van der Waals surface area contributed by atoms with E-state index in [2.05, 4.69) is 17.6 Å². The van der Waals surface area contributed by atoms with E-state index in [9.17, 15) is 9.59 Å². The number of ether oxygens (including phenoxy) is 3. The fourth-order valence-electron chi connectivity index (χ4n) is 4.81. The first-order chi connectivity index (χ1) is 16.9. The van der Waals surface area contributed by atoms with E-state index < -0.39 is 0 Å². The highest BCUT2D eigenvalue weighted by Crippen LogP contribution is 2.50. The summed E-state index contributed by atoms with van der Waals surface area (Å²) in [5.74, 6) is 1.49. The van der Waals surface area contributed by atoms with Crippen LogP contribution in [0.2, 0.25) is 0 Å². The zero-order valence-corrected chi connectivity index (χ0v) is 21.6. The van der Waals surface area contributed by atoms with Gasteiger partial charge in [0.05, 0.1) is 33.1 Å². The second kappa shape index (κ2) is 12.5. The number of hydrogen-bond acceptors (Lipinski definition) is 6. The van der Waals surface area contributed by atoms with Crippen molar-refractivity contribution in [2.75, 3.05) is 33.2 Å². The summed E-state index contributed by atoms with van der Waals surface area (Å²) in [5.41, 5.74) is 3.92. The van der Waals surface area contributed by atoms with E-state index in [1.54, 1.807) is 27.4 Å². The van der Waals surface area contributed by atoms with Crippen molar-refractivity contribution in [2.45, 2.75) is 64.8 Å². The van der Waals surface area contributed by atoms with Crippen LogP contribution in [0.1, 0.15) is 69.5 Å². The van der Waals surface area contributed by atoms with Gasteiger partial charge in [-0.2, -0.15) is 0 Å². The van der Waals surface area contributed by atoms with Crippen molar-refractivity contribution in [3.05, 3.63) is 45.6 Å². The Morgan fingerprint density at radius 2 is 1.74 bits per heavy atom. The summed E-state index contributed by atoms with van der Waals surface area (Å²) in [4.78, 5) is 25.3. The Morgan fingerprint density at radius 3 is 2.40 bits per heavy atom. The highest BCUT2D eigenvalue weighted by Gasteiger charge is 2.29. The van der Waals surface area contributed by atoms with E-state index in [0.29, 0.717) is 35.8 Å². The van der Waals surface area contributed by atoms with Gasteiger partial charge in [-0.1, -0.05) is 38.7 Å². The third kappa shape index (κ3) is 6.08. The lowest BCUT2D eigenvalue weighted by atomic mass is 9.95. The minimum absolute atomic E-state index is 0.0990. The van der Waals surface area contributed by atoms with Gasteiger partial charge in [0.15, 0.2) is 11.5 Å². The molecule has 2 aromatic rings. The number of aryl methyl sites for hydroxylation is 1. The quantitative estimate of drug-likeness (QED) is 0.426. The smallest absolute Gasteiger partial charge is 0.217 e. The lowest BCUT2D eigenvalue weighted by molar-refractivity contribution is -0.119. The number of carbonyl (C=O) groups excluding carboxylic acids is 1. The summed E-state index contributed by atoms with van der Waals surface area (Å²) in [7, 11) is 4.77. The number of benzene rings is 1. The van der Waals surface area contributed by atoms with E-state index in [1.165, 1.54) is 26.2 Å². The zero-order valence-electron chi connectivity index (χ0n) is 21.6. The maximum atomic E-state index is 13.2. The number of carbonyl (C=O) groups is 1. The van der Waals surface area contributed by atoms with Gasteiger partial charge < -0.3 is 24.8 Å². The molecule has 0 fully saturated rings. The standard InChI is InChI=1S/C28H38N2O5/c1-6-7-8-9-10-15-29-23-14-12-20-21(17-24(23)32)22(30-18(2)31)13-11-19-16-25(33-3)27(34-4)28(35-5)26(19)20/h12,14,16-17,22H,6-11,13,15H2,1-5H3,(H,29,32)(H,30,31)/t22-/m0/s1. The molecule has 190 valence electrons. The van der Waals surface area contributed by atoms with Gasteiger partial charge in [-0.3, -0.25) is 9.59 Å². The molecule has 2 aromatic carbocycles. The number of rotatable bonds is 11. The number of hydrogen-bond donors (Lipinski definition) is 2. The maximum Gasteiger partial charge on any atom is 0.217 e. The fraction of sp³-hybridized carbons (Fsp3) is 0.500. The second-order valence-electron chi connectivity index (χ2n) is 8.94. The summed E-state index contributed by atoms with van der Waals surface area (Å²) in [5, 5.41) is 6.36. The number of amides is 1. The normalized spacial score (nSPS) is 14.3. The molecule has 0 heterocycles. The van der Waals surface area contributed by atoms with E-state index in [4.69, 9.17) is 14.2 Å². The molecule has 7 heteroatoms. The molecule has 1 aliphatic carbocycles. The minimum atomic E-state index is -0.307. The molecule has 0 aromatic heterocycles. The largest absolute Gasteiger partial charge is 0.493 e. The third-order valence-electron chi connectivity index (χ3n) is 6.51. The van der Waals surface area contributed by atoms with Crippen LogP contribution in [0.3, 0.4) is 0 Å². The van der Waals surface area contributed by atoms with Crippen LogP contribution < -0.4 is 30.3 Å². The highest BCUT2D eigenvalue weighted by molar-refractivity contribution is 5.83. The first-order valence-electron chi connectivity index (χ1n) is 12.5. The Morgan fingerprint density at radius 1 is 1.00 bits per heavy atom. The molecule has 1 amide bonds. The monoisotopic (exact) mass is 482 g/mol. The van der Waals surface area contributed by atoms with Gasteiger partial charge in [0.1, 0.15) is 0 Å². The van der Waals surface area contributed by atoms with Gasteiger partial charge in [-0.25, -0.2) is 0 Å². The molecule has 0 spiro atoms. The Hall–Kier alpha value is -3.22. The molecule has 35 heavy (non-hydrogen) atoms. The molecule has 1 atom stereocenters. The van der Waals surface area contributed by atoms with Crippen LogP contribution in [0.5, 0.6) is 17.2 Å². The Kier molecular flexibility index (Phi) is 9.40. The second-order valence-corrected chi connectivity index (χ2v) is 8.94. The van der Waals surface area contributed by atoms with E-state index in [-0.39, 0.29) is 17.4 Å². The van der Waals surface area contributed by atoms with E-state index >= 15 is 0 Å². The van der Waals surface area contributed by atoms with Crippen LogP contribution in [-0.4, -0.2) is 33.8 Å². The van der Waals surface area contributed by atoms with Gasteiger partial charge in [0.25, 0.3) is 0 Å². The lowest BCUT2D eigenvalue weighted by Crippen LogP contribution is -2.26. The molecule has 3 rings (SSSR count). The Bertz CT molecular complexity index is 1100. The van der Waals surface area contributed by atoms with Crippen LogP contribution in [-0.2, 0) is 11.2 Å². The first-order valence-corrected chi connectivity index (χ1v) is 12.5. The van der Waals surface area contributed by atoms with Crippen molar-refractivity contribution < 1.29 is 19.0 Å². The van der Waals surface area contributed by atoms with Crippen molar-refractivity contribution >= 4 is 11.6 Å². The first kappa shape index (κ1) is 26.4.